The third kappa shape index (κ3) is 3.85. The number of rotatable bonds is 6. The summed E-state index contributed by atoms with van der Waals surface area (Å²) in [6.07, 6.45) is 0.343. The number of carboxylic acid groups (broad SMARTS) is 1. The molecule has 4 nitrogen and oxygen atoms in total. The summed E-state index contributed by atoms with van der Waals surface area (Å²) < 4.78 is 5.49. The van der Waals surface area contributed by atoms with Crippen LogP contribution in [0.5, 0.6) is 5.75 Å². The van der Waals surface area contributed by atoms with Gasteiger partial charge in [-0.2, -0.15) is 0 Å². The fourth-order valence-corrected chi connectivity index (χ4v) is 2.87. The second-order valence-electron chi connectivity index (χ2n) is 5.97. The topological polar surface area (TPSA) is 63.6 Å². The first-order chi connectivity index (χ1) is 11.8. The average Bonchev–Trinajstić information content (AvgIpc) is 2.58. The molecule has 0 aliphatic rings. The van der Waals surface area contributed by atoms with Crippen molar-refractivity contribution in [3.8, 4) is 16.9 Å². The van der Waals surface area contributed by atoms with Crippen molar-refractivity contribution in [1.82, 2.24) is 0 Å². The minimum Gasteiger partial charge on any atom is -0.480 e. The summed E-state index contributed by atoms with van der Waals surface area (Å²) in [5.41, 5.74) is 0.953. The van der Waals surface area contributed by atoms with Crippen LogP contribution in [0.2, 0.25) is 5.02 Å². The first kappa shape index (κ1) is 19.0. The first-order valence-electron chi connectivity index (χ1n) is 8.16. The second-order valence-corrected chi connectivity index (χ2v) is 6.41. The highest BCUT2D eigenvalue weighted by molar-refractivity contribution is 6.30. The molecule has 0 heterocycles. The molecule has 0 fully saturated rings. The van der Waals surface area contributed by atoms with E-state index in [1.807, 2.05) is 37.3 Å². The molecule has 0 aliphatic carbocycles. The first-order valence-corrected chi connectivity index (χ1v) is 8.54. The highest BCUT2D eigenvalue weighted by Crippen LogP contribution is 2.33. The van der Waals surface area contributed by atoms with Crippen molar-refractivity contribution in [3.05, 3.63) is 53.1 Å². The van der Waals surface area contributed by atoms with Gasteiger partial charge in [-0.15, -0.1) is 0 Å². The van der Waals surface area contributed by atoms with Gasteiger partial charge in [-0.25, -0.2) is 0 Å². The van der Waals surface area contributed by atoms with Gasteiger partial charge in [0.1, 0.15) is 5.75 Å². The number of carbonyl (C=O) groups is 2. The Morgan fingerprint density at radius 2 is 1.72 bits per heavy atom. The van der Waals surface area contributed by atoms with Gasteiger partial charge in [-0.05, 0) is 54.7 Å². The van der Waals surface area contributed by atoms with Crippen LogP contribution < -0.4 is 4.74 Å². The van der Waals surface area contributed by atoms with Gasteiger partial charge in [0, 0.05) is 5.02 Å². The summed E-state index contributed by atoms with van der Waals surface area (Å²) in [5.74, 6) is -1.54. The van der Waals surface area contributed by atoms with Crippen molar-refractivity contribution < 1.29 is 19.4 Å². The molecule has 2 rings (SSSR count). The molecule has 0 amide bonds. The fourth-order valence-electron chi connectivity index (χ4n) is 2.68. The molecule has 5 heteroatoms. The molecule has 0 unspecified atom stereocenters. The van der Waals surface area contributed by atoms with E-state index in [-0.39, 0.29) is 12.8 Å². The number of hydrogen-bond acceptors (Lipinski definition) is 3. The van der Waals surface area contributed by atoms with Crippen molar-refractivity contribution >= 4 is 23.5 Å². The molecule has 0 radical (unpaired) electrons. The number of esters is 1. The molecule has 25 heavy (non-hydrogen) atoms. The predicted octanol–water partition coefficient (Wildman–Crippen LogP) is 5.11. The second kappa shape index (κ2) is 7.70. The highest BCUT2D eigenvalue weighted by Gasteiger charge is 2.45. The van der Waals surface area contributed by atoms with E-state index < -0.39 is 17.4 Å². The molecule has 2 aromatic rings. The predicted molar refractivity (Wildman–Crippen MR) is 97.9 cm³/mol. The van der Waals surface area contributed by atoms with E-state index in [0.717, 1.165) is 16.7 Å². The van der Waals surface area contributed by atoms with Gasteiger partial charge in [0.05, 0.1) is 0 Å². The van der Waals surface area contributed by atoms with E-state index in [4.69, 9.17) is 16.3 Å². The number of carbonyl (C=O) groups excluding carboxylic acids is 1. The minimum atomic E-state index is -1.53. The summed E-state index contributed by atoms with van der Waals surface area (Å²) in [7, 11) is 0. The van der Waals surface area contributed by atoms with Gasteiger partial charge in [0.15, 0.2) is 5.41 Å². The van der Waals surface area contributed by atoms with Crippen LogP contribution in [0, 0.1) is 12.3 Å². The lowest BCUT2D eigenvalue weighted by Crippen LogP contribution is -2.41. The van der Waals surface area contributed by atoms with Crippen LogP contribution in [0.3, 0.4) is 0 Å². The Bertz CT molecular complexity index is 794. The number of aryl methyl sites for hydroxylation is 1. The zero-order valence-electron chi connectivity index (χ0n) is 14.5. The molecule has 0 aromatic heterocycles. The van der Waals surface area contributed by atoms with Gasteiger partial charge in [-0.1, -0.05) is 49.7 Å². The molecule has 0 bridgehead atoms. The lowest BCUT2D eigenvalue weighted by atomic mass is 9.82. The maximum atomic E-state index is 12.6. The summed E-state index contributed by atoms with van der Waals surface area (Å²) in [6, 6.07) is 12.8. The van der Waals surface area contributed by atoms with E-state index in [1.54, 1.807) is 26.0 Å². The molecule has 0 aliphatic heterocycles. The van der Waals surface area contributed by atoms with Crippen molar-refractivity contribution in [3.63, 3.8) is 0 Å². The van der Waals surface area contributed by atoms with Crippen molar-refractivity contribution in [2.24, 2.45) is 5.41 Å². The fraction of sp³-hybridized carbons (Fsp3) is 0.300. The normalized spacial score (nSPS) is 11.2. The summed E-state index contributed by atoms with van der Waals surface area (Å²) in [4.78, 5) is 24.2. The minimum absolute atomic E-state index is 0.171. The number of aliphatic carboxylic acids is 1. The van der Waals surface area contributed by atoms with E-state index in [2.05, 4.69) is 0 Å². The zero-order chi connectivity index (χ0) is 18.6. The Kier molecular flexibility index (Phi) is 5.85. The van der Waals surface area contributed by atoms with Crippen LogP contribution in [-0.2, 0) is 9.59 Å². The van der Waals surface area contributed by atoms with Gasteiger partial charge < -0.3 is 9.84 Å². The van der Waals surface area contributed by atoms with E-state index >= 15 is 0 Å². The van der Waals surface area contributed by atoms with Gasteiger partial charge in [0.2, 0.25) is 0 Å². The molecule has 2 aromatic carbocycles. The highest BCUT2D eigenvalue weighted by atomic mass is 35.5. The standard InChI is InChI=1S/C20H21ClO4/c1-4-20(5-2,18(22)23)19(24)25-17-12-15(10-9-13(17)3)14-7-6-8-16(21)11-14/h6-12H,4-5H2,1-3H3,(H,22,23). The van der Waals surface area contributed by atoms with Crippen molar-refractivity contribution in [1.29, 1.82) is 0 Å². The number of halogens is 1. The van der Waals surface area contributed by atoms with E-state index in [0.29, 0.717) is 10.8 Å². The van der Waals surface area contributed by atoms with Crippen LogP contribution in [-0.4, -0.2) is 17.0 Å². The molecular weight excluding hydrogens is 340 g/mol. The maximum absolute atomic E-state index is 12.6. The largest absolute Gasteiger partial charge is 0.480 e. The third-order valence-electron chi connectivity index (χ3n) is 4.56. The van der Waals surface area contributed by atoms with Crippen LogP contribution in [0.4, 0.5) is 0 Å². The zero-order valence-corrected chi connectivity index (χ0v) is 15.3. The quantitative estimate of drug-likeness (QED) is 0.441. The molecule has 0 spiro atoms. The van der Waals surface area contributed by atoms with E-state index in [9.17, 15) is 14.7 Å². The van der Waals surface area contributed by atoms with E-state index in [1.165, 1.54) is 0 Å². The summed E-state index contributed by atoms with van der Waals surface area (Å²) in [5, 5.41) is 10.1. The molecule has 132 valence electrons. The van der Waals surface area contributed by atoms with Gasteiger partial charge in [0.25, 0.3) is 0 Å². The summed E-state index contributed by atoms with van der Waals surface area (Å²) >= 11 is 6.03. The lowest BCUT2D eigenvalue weighted by molar-refractivity contribution is -0.163. The Hall–Kier alpha value is -2.33. The number of carboxylic acids is 1. The SMILES string of the molecule is CCC(CC)(C(=O)O)C(=O)Oc1cc(-c2cccc(Cl)c2)ccc1C. The number of benzene rings is 2. The molecular formula is C20H21ClO4. The van der Waals surface area contributed by atoms with Crippen molar-refractivity contribution in [2.45, 2.75) is 33.6 Å². The molecule has 0 atom stereocenters. The van der Waals surface area contributed by atoms with Crippen LogP contribution in [0.1, 0.15) is 32.3 Å². The van der Waals surface area contributed by atoms with Crippen LogP contribution in [0.15, 0.2) is 42.5 Å². The summed E-state index contributed by atoms with van der Waals surface area (Å²) in [6.45, 7) is 5.16. The third-order valence-corrected chi connectivity index (χ3v) is 4.79. The monoisotopic (exact) mass is 360 g/mol. The Labute approximate surface area is 152 Å². The maximum Gasteiger partial charge on any atom is 0.328 e. The Morgan fingerprint density at radius 1 is 1.08 bits per heavy atom. The smallest absolute Gasteiger partial charge is 0.328 e. The number of ether oxygens (including phenoxy) is 1. The Morgan fingerprint density at radius 3 is 2.28 bits per heavy atom. The van der Waals surface area contributed by atoms with Crippen molar-refractivity contribution in [2.75, 3.05) is 0 Å². The van der Waals surface area contributed by atoms with Gasteiger partial charge >= 0.3 is 11.9 Å². The van der Waals surface area contributed by atoms with Crippen LogP contribution in [0.25, 0.3) is 11.1 Å². The molecule has 0 saturated carbocycles. The molecule has 1 N–H and O–H groups in total. The number of hydrogen-bond donors (Lipinski definition) is 1. The Balaban J connectivity index is 2.38. The average molecular weight is 361 g/mol. The lowest BCUT2D eigenvalue weighted by Gasteiger charge is -2.24. The van der Waals surface area contributed by atoms with Gasteiger partial charge in [-0.3, -0.25) is 9.59 Å². The molecule has 0 saturated heterocycles. The van der Waals surface area contributed by atoms with Crippen LogP contribution >= 0.6 is 11.6 Å².